The first kappa shape index (κ1) is 23.7. The summed E-state index contributed by atoms with van der Waals surface area (Å²) in [5, 5.41) is 4.38. The SMILES string of the molecule is COCCNC(=O)NC(=O)COC(=O)c1ccc(C)c(S(=O)(=O)N2CCOCC2)c1. The number of nitrogens with one attached hydrogen (secondary N) is 2. The number of hydrogen-bond donors (Lipinski definition) is 2. The molecule has 1 aliphatic heterocycles. The fourth-order valence-electron chi connectivity index (χ4n) is 2.62. The molecular formula is C18H25N3O8S. The van der Waals surface area contributed by atoms with Crippen LogP contribution in [0.3, 0.4) is 0 Å². The number of sulfonamides is 1. The molecule has 0 radical (unpaired) electrons. The van der Waals surface area contributed by atoms with Crippen LogP contribution in [-0.2, 0) is 29.0 Å². The van der Waals surface area contributed by atoms with Crippen molar-refractivity contribution in [1.29, 1.82) is 0 Å². The quantitative estimate of drug-likeness (QED) is 0.410. The lowest BCUT2D eigenvalue weighted by molar-refractivity contribution is -0.123. The van der Waals surface area contributed by atoms with Gasteiger partial charge in [0.25, 0.3) is 5.91 Å². The molecule has 1 saturated heterocycles. The number of rotatable bonds is 8. The van der Waals surface area contributed by atoms with Gasteiger partial charge in [0.2, 0.25) is 10.0 Å². The molecule has 1 fully saturated rings. The summed E-state index contributed by atoms with van der Waals surface area (Å²) in [6.07, 6.45) is 0. The first-order valence-corrected chi connectivity index (χ1v) is 10.6. The number of urea groups is 1. The van der Waals surface area contributed by atoms with E-state index in [2.05, 4.69) is 5.32 Å². The normalized spacial score (nSPS) is 14.7. The lowest BCUT2D eigenvalue weighted by Crippen LogP contribution is -2.42. The Kier molecular flexibility index (Phi) is 8.72. The highest BCUT2D eigenvalue weighted by molar-refractivity contribution is 7.89. The summed E-state index contributed by atoms with van der Waals surface area (Å²) in [4.78, 5) is 35.4. The van der Waals surface area contributed by atoms with Crippen LogP contribution in [-0.4, -0.2) is 83.8 Å². The first-order chi connectivity index (χ1) is 14.3. The Balaban J connectivity index is 1.99. The van der Waals surface area contributed by atoms with Gasteiger partial charge in [0, 0.05) is 26.7 Å². The van der Waals surface area contributed by atoms with E-state index < -0.39 is 34.5 Å². The standard InChI is InChI=1S/C18H25N3O8S/c1-13-3-4-14(11-15(13)30(25,26)21-6-9-28-10-7-21)17(23)29-12-16(22)20-18(24)19-5-8-27-2/h3-4,11H,5-10,12H2,1-2H3,(H2,19,20,22,24). The van der Waals surface area contributed by atoms with E-state index in [0.29, 0.717) is 18.8 Å². The number of imide groups is 1. The highest BCUT2D eigenvalue weighted by atomic mass is 32.2. The number of benzene rings is 1. The molecule has 0 aliphatic carbocycles. The Morgan fingerprint density at radius 1 is 1.20 bits per heavy atom. The number of aryl methyl sites for hydroxylation is 1. The van der Waals surface area contributed by atoms with Crippen molar-refractivity contribution in [2.24, 2.45) is 0 Å². The number of carbonyl (C=O) groups excluding carboxylic acids is 3. The van der Waals surface area contributed by atoms with Crippen LogP contribution in [0.1, 0.15) is 15.9 Å². The van der Waals surface area contributed by atoms with Gasteiger partial charge in [0.1, 0.15) is 0 Å². The predicted octanol–water partition coefficient (Wildman–Crippen LogP) is -0.355. The van der Waals surface area contributed by atoms with Crippen LogP contribution in [0.4, 0.5) is 4.79 Å². The molecule has 2 N–H and O–H groups in total. The average molecular weight is 443 g/mol. The maximum absolute atomic E-state index is 12.9. The number of hydrogen-bond acceptors (Lipinski definition) is 8. The highest BCUT2D eigenvalue weighted by Gasteiger charge is 2.28. The van der Waals surface area contributed by atoms with Crippen LogP contribution < -0.4 is 10.6 Å². The smallest absolute Gasteiger partial charge is 0.338 e. The van der Waals surface area contributed by atoms with Crippen molar-refractivity contribution in [2.45, 2.75) is 11.8 Å². The van der Waals surface area contributed by atoms with Crippen molar-refractivity contribution in [3.05, 3.63) is 29.3 Å². The van der Waals surface area contributed by atoms with Crippen LogP contribution in [0.5, 0.6) is 0 Å². The van der Waals surface area contributed by atoms with Gasteiger partial charge in [-0.15, -0.1) is 0 Å². The van der Waals surface area contributed by atoms with Gasteiger partial charge in [0.15, 0.2) is 6.61 Å². The van der Waals surface area contributed by atoms with Crippen molar-refractivity contribution >= 4 is 27.9 Å². The topological polar surface area (TPSA) is 140 Å². The summed E-state index contributed by atoms with van der Waals surface area (Å²) in [5.74, 6) is -1.71. The lowest BCUT2D eigenvalue weighted by atomic mass is 10.1. The first-order valence-electron chi connectivity index (χ1n) is 9.18. The van der Waals surface area contributed by atoms with E-state index in [1.807, 2.05) is 5.32 Å². The molecule has 0 bridgehead atoms. The number of nitrogens with zero attached hydrogens (tertiary/aromatic N) is 1. The zero-order chi connectivity index (χ0) is 22.1. The van der Waals surface area contributed by atoms with Gasteiger partial charge in [-0.05, 0) is 24.6 Å². The van der Waals surface area contributed by atoms with Crippen molar-refractivity contribution < 1.29 is 37.0 Å². The summed E-state index contributed by atoms with van der Waals surface area (Å²) >= 11 is 0. The Labute approximate surface area is 174 Å². The van der Waals surface area contributed by atoms with Crippen molar-refractivity contribution in [1.82, 2.24) is 14.9 Å². The molecule has 1 aromatic carbocycles. The number of morpholine rings is 1. The number of carbonyl (C=O) groups is 3. The molecule has 0 unspecified atom stereocenters. The molecule has 2 rings (SSSR count). The Morgan fingerprint density at radius 3 is 2.57 bits per heavy atom. The molecule has 1 aromatic rings. The maximum atomic E-state index is 12.9. The van der Waals surface area contributed by atoms with Gasteiger partial charge in [-0.1, -0.05) is 6.07 Å². The fourth-order valence-corrected chi connectivity index (χ4v) is 4.28. The Morgan fingerprint density at radius 2 is 1.90 bits per heavy atom. The van der Waals surface area contributed by atoms with Gasteiger partial charge in [-0.2, -0.15) is 4.31 Å². The molecule has 0 atom stereocenters. The van der Waals surface area contributed by atoms with Crippen LogP contribution >= 0.6 is 0 Å². The number of esters is 1. The van der Waals surface area contributed by atoms with E-state index in [-0.39, 0.29) is 36.7 Å². The molecule has 3 amide bonds. The molecule has 0 aromatic heterocycles. The summed E-state index contributed by atoms with van der Waals surface area (Å²) in [5.41, 5.74) is 0.452. The van der Waals surface area contributed by atoms with Crippen molar-refractivity contribution in [3.8, 4) is 0 Å². The third kappa shape index (κ3) is 6.49. The molecule has 11 nitrogen and oxygen atoms in total. The highest BCUT2D eigenvalue weighted by Crippen LogP contribution is 2.22. The van der Waals surface area contributed by atoms with E-state index in [9.17, 15) is 22.8 Å². The molecule has 0 spiro atoms. The summed E-state index contributed by atoms with van der Waals surface area (Å²) in [6.45, 7) is 2.46. The van der Waals surface area contributed by atoms with Crippen molar-refractivity contribution in [2.75, 3.05) is 53.2 Å². The Hall–Kier alpha value is -2.54. The summed E-state index contributed by atoms with van der Waals surface area (Å²) in [6, 6.07) is 3.37. The number of methoxy groups -OCH3 is 1. The minimum Gasteiger partial charge on any atom is -0.452 e. The van der Waals surface area contributed by atoms with Crippen molar-refractivity contribution in [3.63, 3.8) is 0 Å². The molecule has 30 heavy (non-hydrogen) atoms. The van der Waals surface area contributed by atoms with Gasteiger partial charge >= 0.3 is 12.0 Å². The molecule has 1 heterocycles. The number of amides is 3. The van der Waals surface area contributed by atoms with E-state index in [1.165, 1.54) is 29.6 Å². The van der Waals surface area contributed by atoms with Crippen LogP contribution in [0.15, 0.2) is 23.1 Å². The lowest BCUT2D eigenvalue weighted by Gasteiger charge is -2.26. The molecular weight excluding hydrogens is 418 g/mol. The van der Waals surface area contributed by atoms with E-state index in [0.717, 1.165) is 0 Å². The third-order valence-corrected chi connectivity index (χ3v) is 6.23. The zero-order valence-corrected chi connectivity index (χ0v) is 17.6. The van der Waals surface area contributed by atoms with E-state index >= 15 is 0 Å². The predicted molar refractivity (Wildman–Crippen MR) is 104 cm³/mol. The largest absolute Gasteiger partial charge is 0.452 e. The molecule has 166 valence electrons. The minimum absolute atomic E-state index is 0.0131. The second-order valence-corrected chi connectivity index (χ2v) is 8.28. The van der Waals surface area contributed by atoms with Gasteiger partial charge in [-0.25, -0.2) is 18.0 Å². The second-order valence-electron chi connectivity index (χ2n) is 6.37. The average Bonchev–Trinajstić information content (AvgIpc) is 2.73. The number of ether oxygens (including phenoxy) is 3. The summed E-state index contributed by atoms with van der Waals surface area (Å²) in [7, 11) is -2.34. The molecule has 1 aliphatic rings. The zero-order valence-electron chi connectivity index (χ0n) is 16.8. The van der Waals surface area contributed by atoms with E-state index in [1.54, 1.807) is 6.92 Å². The van der Waals surface area contributed by atoms with Crippen LogP contribution in [0.25, 0.3) is 0 Å². The monoisotopic (exact) mass is 443 g/mol. The third-order valence-electron chi connectivity index (χ3n) is 4.19. The van der Waals surface area contributed by atoms with Gasteiger partial charge in [-0.3, -0.25) is 10.1 Å². The second kappa shape index (κ2) is 11.0. The van der Waals surface area contributed by atoms with Gasteiger partial charge < -0.3 is 19.5 Å². The fraction of sp³-hybridized carbons (Fsp3) is 0.500. The van der Waals surface area contributed by atoms with Crippen LogP contribution in [0, 0.1) is 6.92 Å². The van der Waals surface area contributed by atoms with Gasteiger partial charge in [0.05, 0.1) is 30.3 Å². The Bertz CT molecular complexity index is 881. The van der Waals surface area contributed by atoms with Crippen LogP contribution in [0.2, 0.25) is 0 Å². The maximum Gasteiger partial charge on any atom is 0.338 e. The molecule has 0 saturated carbocycles. The van der Waals surface area contributed by atoms with E-state index in [4.69, 9.17) is 14.2 Å². The summed E-state index contributed by atoms with van der Waals surface area (Å²) < 4.78 is 41.9. The molecule has 12 heteroatoms. The minimum atomic E-state index is -3.80.